The van der Waals surface area contributed by atoms with Gasteiger partial charge in [-0.15, -0.1) is 0 Å². The Bertz CT molecular complexity index is 813. The molecule has 0 saturated heterocycles. The zero-order chi connectivity index (χ0) is 22.6. The number of hydrogen-bond acceptors (Lipinski definition) is 4. The maximum absolute atomic E-state index is 12.1. The molecular weight excluding hydrogens is 396 g/mol. The molecule has 0 saturated carbocycles. The lowest BCUT2D eigenvalue weighted by molar-refractivity contribution is -0.122. The summed E-state index contributed by atoms with van der Waals surface area (Å²) in [5.74, 6) is -1.25. The van der Waals surface area contributed by atoms with E-state index in [1.807, 2.05) is 12.1 Å². The fourth-order valence-electron chi connectivity index (χ4n) is 2.69. The van der Waals surface area contributed by atoms with Crippen molar-refractivity contribution in [1.82, 2.24) is 21.3 Å². The number of benzene rings is 2. The Labute approximate surface area is 181 Å². The van der Waals surface area contributed by atoms with Crippen molar-refractivity contribution in [1.29, 1.82) is 0 Å². The summed E-state index contributed by atoms with van der Waals surface area (Å²) in [4.78, 5) is 48.4. The summed E-state index contributed by atoms with van der Waals surface area (Å²) < 4.78 is 0. The van der Waals surface area contributed by atoms with Crippen LogP contribution in [0.25, 0.3) is 0 Å². The highest BCUT2D eigenvalue weighted by atomic mass is 16.2. The molecule has 0 unspecified atom stereocenters. The van der Waals surface area contributed by atoms with Gasteiger partial charge < -0.3 is 21.3 Å². The van der Waals surface area contributed by atoms with E-state index in [4.69, 9.17) is 0 Å². The molecule has 2 atom stereocenters. The van der Waals surface area contributed by atoms with Gasteiger partial charge >= 0.3 is 0 Å². The van der Waals surface area contributed by atoms with Crippen LogP contribution in [0.4, 0.5) is 0 Å². The molecule has 0 heterocycles. The molecule has 0 aliphatic carbocycles. The quantitative estimate of drug-likeness (QED) is 0.430. The third-order valence-corrected chi connectivity index (χ3v) is 4.51. The molecule has 4 amide bonds. The molecule has 0 aliphatic heterocycles. The van der Waals surface area contributed by atoms with E-state index in [9.17, 15) is 19.2 Å². The van der Waals surface area contributed by atoms with E-state index >= 15 is 0 Å². The first-order valence-electron chi connectivity index (χ1n) is 10.2. The van der Waals surface area contributed by atoms with Gasteiger partial charge in [-0.2, -0.15) is 0 Å². The Morgan fingerprint density at radius 1 is 0.645 bits per heavy atom. The fourth-order valence-corrected chi connectivity index (χ4v) is 2.69. The van der Waals surface area contributed by atoms with Crippen LogP contribution < -0.4 is 21.3 Å². The van der Waals surface area contributed by atoms with E-state index in [0.717, 1.165) is 0 Å². The number of amides is 4. The second-order valence-electron chi connectivity index (χ2n) is 7.06. The first-order chi connectivity index (χ1) is 14.9. The molecular formula is C23H28N4O4. The minimum Gasteiger partial charge on any atom is -0.354 e. The highest BCUT2D eigenvalue weighted by Crippen LogP contribution is 2.00. The predicted molar refractivity (Wildman–Crippen MR) is 117 cm³/mol. The van der Waals surface area contributed by atoms with Crippen molar-refractivity contribution >= 4 is 23.6 Å². The van der Waals surface area contributed by atoms with Crippen molar-refractivity contribution in [2.75, 3.05) is 13.1 Å². The van der Waals surface area contributed by atoms with Crippen LogP contribution in [0.1, 0.15) is 41.0 Å². The summed E-state index contributed by atoms with van der Waals surface area (Å²) >= 11 is 0. The predicted octanol–water partition coefficient (Wildman–Crippen LogP) is 1.25. The lowest BCUT2D eigenvalue weighted by Gasteiger charge is -2.15. The average molecular weight is 425 g/mol. The van der Waals surface area contributed by atoms with Gasteiger partial charge in [0.1, 0.15) is 12.1 Å². The summed E-state index contributed by atoms with van der Waals surface area (Å²) in [6.45, 7) is 3.90. The third kappa shape index (κ3) is 7.93. The molecule has 31 heavy (non-hydrogen) atoms. The van der Waals surface area contributed by atoms with E-state index in [0.29, 0.717) is 30.6 Å². The van der Waals surface area contributed by atoms with Gasteiger partial charge in [0.15, 0.2) is 0 Å². The second kappa shape index (κ2) is 12.1. The van der Waals surface area contributed by atoms with Gasteiger partial charge in [-0.25, -0.2) is 0 Å². The summed E-state index contributed by atoms with van der Waals surface area (Å²) in [5, 5.41) is 10.7. The Morgan fingerprint density at radius 2 is 1.00 bits per heavy atom. The van der Waals surface area contributed by atoms with Crippen LogP contribution >= 0.6 is 0 Å². The molecule has 164 valence electrons. The van der Waals surface area contributed by atoms with Crippen molar-refractivity contribution in [2.45, 2.75) is 32.4 Å². The van der Waals surface area contributed by atoms with Crippen LogP contribution in [0.2, 0.25) is 0 Å². The lowest BCUT2D eigenvalue weighted by Crippen LogP contribution is -2.46. The van der Waals surface area contributed by atoms with E-state index in [1.165, 1.54) is 0 Å². The van der Waals surface area contributed by atoms with Crippen molar-refractivity contribution in [3.63, 3.8) is 0 Å². The second-order valence-corrected chi connectivity index (χ2v) is 7.06. The standard InChI is InChI=1S/C23H28N4O4/c1-16(26-22(30)18-10-5-3-6-11-18)20(28)24-14-9-15-25-21(29)17(2)27-23(31)19-12-7-4-8-13-19/h3-8,10-13,16-17H,9,14-15H2,1-2H3,(H,24,28)(H,25,29)(H,26,30)(H,27,31)/t16-,17-/m0/s1. The summed E-state index contributed by atoms with van der Waals surface area (Å²) in [5.41, 5.74) is 0.969. The zero-order valence-electron chi connectivity index (χ0n) is 17.7. The van der Waals surface area contributed by atoms with Crippen molar-refractivity contribution < 1.29 is 19.2 Å². The maximum atomic E-state index is 12.1. The van der Waals surface area contributed by atoms with Crippen LogP contribution in [0.3, 0.4) is 0 Å². The summed E-state index contributed by atoms with van der Waals surface area (Å²) in [6, 6.07) is 15.9. The van der Waals surface area contributed by atoms with Crippen LogP contribution in [0.15, 0.2) is 60.7 Å². The number of nitrogens with one attached hydrogen (secondary N) is 4. The fraction of sp³-hybridized carbons (Fsp3) is 0.304. The SMILES string of the molecule is C[C@H](NC(=O)c1ccccc1)C(=O)NCCCNC(=O)[C@H](C)NC(=O)c1ccccc1. The molecule has 8 heteroatoms. The Kier molecular flexibility index (Phi) is 9.22. The molecule has 2 aromatic carbocycles. The molecule has 0 aliphatic rings. The Balaban J connectivity index is 1.62. The van der Waals surface area contributed by atoms with Gasteiger partial charge in [-0.05, 0) is 44.5 Å². The average Bonchev–Trinajstić information content (AvgIpc) is 2.79. The van der Waals surface area contributed by atoms with Gasteiger partial charge in [-0.3, -0.25) is 19.2 Å². The molecule has 0 bridgehead atoms. The van der Waals surface area contributed by atoms with E-state index in [2.05, 4.69) is 21.3 Å². The molecule has 0 spiro atoms. The van der Waals surface area contributed by atoms with Crippen LogP contribution in [-0.4, -0.2) is 48.8 Å². The maximum Gasteiger partial charge on any atom is 0.251 e. The van der Waals surface area contributed by atoms with Crippen LogP contribution in [-0.2, 0) is 9.59 Å². The topological polar surface area (TPSA) is 116 Å². The van der Waals surface area contributed by atoms with Crippen molar-refractivity contribution in [3.05, 3.63) is 71.8 Å². The van der Waals surface area contributed by atoms with E-state index in [-0.39, 0.29) is 23.6 Å². The normalized spacial score (nSPS) is 12.2. The minimum atomic E-state index is -0.685. The van der Waals surface area contributed by atoms with Gasteiger partial charge in [0.25, 0.3) is 11.8 Å². The Morgan fingerprint density at radius 3 is 1.35 bits per heavy atom. The van der Waals surface area contributed by atoms with Gasteiger partial charge in [-0.1, -0.05) is 36.4 Å². The van der Waals surface area contributed by atoms with E-state index < -0.39 is 12.1 Å². The number of rotatable bonds is 10. The molecule has 0 aromatic heterocycles. The van der Waals surface area contributed by atoms with Crippen LogP contribution in [0, 0.1) is 0 Å². The zero-order valence-corrected chi connectivity index (χ0v) is 17.7. The smallest absolute Gasteiger partial charge is 0.251 e. The first-order valence-corrected chi connectivity index (χ1v) is 10.2. The monoisotopic (exact) mass is 424 g/mol. The van der Waals surface area contributed by atoms with Gasteiger partial charge in [0, 0.05) is 24.2 Å². The third-order valence-electron chi connectivity index (χ3n) is 4.51. The highest BCUT2D eigenvalue weighted by Gasteiger charge is 2.17. The van der Waals surface area contributed by atoms with Crippen LogP contribution in [0.5, 0.6) is 0 Å². The number of carbonyl (C=O) groups is 4. The van der Waals surface area contributed by atoms with Crippen molar-refractivity contribution in [3.8, 4) is 0 Å². The van der Waals surface area contributed by atoms with Crippen molar-refractivity contribution in [2.24, 2.45) is 0 Å². The lowest BCUT2D eigenvalue weighted by atomic mass is 10.2. The molecule has 0 radical (unpaired) electrons. The van der Waals surface area contributed by atoms with Gasteiger partial charge in [0.2, 0.25) is 11.8 Å². The molecule has 2 rings (SSSR count). The number of hydrogen-bond donors (Lipinski definition) is 4. The largest absolute Gasteiger partial charge is 0.354 e. The first kappa shape index (κ1) is 23.6. The Hall–Kier alpha value is -3.68. The molecule has 8 nitrogen and oxygen atoms in total. The summed E-state index contributed by atoms with van der Waals surface area (Å²) in [6.07, 6.45) is 0.510. The minimum absolute atomic E-state index is 0.306. The molecule has 0 fully saturated rings. The molecule has 2 aromatic rings. The summed E-state index contributed by atoms with van der Waals surface area (Å²) in [7, 11) is 0. The number of carbonyl (C=O) groups excluding carboxylic acids is 4. The van der Waals surface area contributed by atoms with Gasteiger partial charge in [0.05, 0.1) is 0 Å². The van der Waals surface area contributed by atoms with E-state index in [1.54, 1.807) is 62.4 Å². The molecule has 4 N–H and O–H groups in total. The highest BCUT2D eigenvalue weighted by molar-refractivity contribution is 5.98.